The van der Waals surface area contributed by atoms with Crippen molar-refractivity contribution in [3.8, 4) is 0 Å². The molecule has 2 aromatic rings. The average molecular weight is 458 g/mol. The van der Waals surface area contributed by atoms with Crippen molar-refractivity contribution in [1.82, 2.24) is 9.73 Å². The fourth-order valence-corrected chi connectivity index (χ4v) is 5.12. The number of sulfonamides is 1. The van der Waals surface area contributed by atoms with Gasteiger partial charge in [0, 0.05) is 13.0 Å². The van der Waals surface area contributed by atoms with Gasteiger partial charge < -0.3 is 4.90 Å². The number of hydrogen-bond donors (Lipinski definition) is 1. The Hall–Kier alpha value is -2.18. The Balaban J connectivity index is 2.58. The molecule has 0 unspecified atom stereocenters. The van der Waals surface area contributed by atoms with Crippen LogP contribution < -0.4 is 4.83 Å². The van der Waals surface area contributed by atoms with Crippen LogP contribution in [0.2, 0.25) is 0 Å². The van der Waals surface area contributed by atoms with E-state index in [1.807, 2.05) is 84.3 Å². The summed E-state index contributed by atoms with van der Waals surface area (Å²) in [5, 5.41) is 4.42. The lowest BCUT2D eigenvalue weighted by Crippen LogP contribution is -2.25. The maximum Gasteiger partial charge on any atom is 0.277 e. The fraction of sp³-hybridized carbons (Fsp3) is 0.500. The average Bonchev–Trinajstić information content (AvgIpc) is 2.73. The summed E-state index contributed by atoms with van der Waals surface area (Å²) in [6.45, 7) is 13.2. The maximum absolute atomic E-state index is 13.6. The van der Waals surface area contributed by atoms with Crippen LogP contribution in [-0.2, 0) is 10.0 Å². The highest BCUT2D eigenvalue weighted by Gasteiger charge is 2.27. The minimum atomic E-state index is -3.85. The van der Waals surface area contributed by atoms with Crippen LogP contribution in [0.25, 0.3) is 0 Å². The van der Waals surface area contributed by atoms with E-state index < -0.39 is 10.0 Å². The molecule has 1 N–H and O–H groups in total. The van der Waals surface area contributed by atoms with Crippen molar-refractivity contribution in [2.75, 3.05) is 20.6 Å². The van der Waals surface area contributed by atoms with E-state index in [1.165, 1.54) is 0 Å². The molecule has 0 atom stereocenters. The molecule has 5 nitrogen and oxygen atoms in total. The molecule has 0 saturated heterocycles. The second-order valence-electron chi connectivity index (χ2n) is 9.57. The minimum Gasteiger partial charge on any atom is -0.309 e. The molecule has 0 aromatic heterocycles. The van der Waals surface area contributed by atoms with Crippen LogP contribution in [0.4, 0.5) is 0 Å². The molecule has 0 fully saturated rings. The van der Waals surface area contributed by atoms with Crippen LogP contribution in [0.5, 0.6) is 0 Å². The zero-order chi connectivity index (χ0) is 24.1. The molecule has 2 rings (SSSR count). The van der Waals surface area contributed by atoms with Crippen LogP contribution in [0.1, 0.15) is 88.0 Å². The van der Waals surface area contributed by atoms with E-state index >= 15 is 0 Å². The van der Waals surface area contributed by atoms with E-state index in [2.05, 4.69) is 28.7 Å². The third-order valence-electron chi connectivity index (χ3n) is 5.55. The predicted molar refractivity (Wildman–Crippen MR) is 135 cm³/mol. The second kappa shape index (κ2) is 11.1. The topological polar surface area (TPSA) is 61.8 Å². The van der Waals surface area contributed by atoms with E-state index in [9.17, 15) is 8.42 Å². The molecule has 0 aliphatic carbocycles. The van der Waals surface area contributed by atoms with Gasteiger partial charge in [0.1, 0.15) is 0 Å². The molecule has 176 valence electrons. The Bertz CT molecular complexity index is 995. The second-order valence-corrected chi connectivity index (χ2v) is 11.2. The first-order valence-corrected chi connectivity index (χ1v) is 12.9. The molecule has 0 spiro atoms. The number of hydrogen-bond acceptors (Lipinski definition) is 4. The summed E-state index contributed by atoms with van der Waals surface area (Å²) in [6, 6.07) is 13.8. The van der Waals surface area contributed by atoms with Gasteiger partial charge in [-0.15, -0.1) is 0 Å². The van der Waals surface area contributed by atoms with Gasteiger partial charge in [0.2, 0.25) is 0 Å². The lowest BCUT2D eigenvalue weighted by atomic mass is 9.89. The summed E-state index contributed by atoms with van der Waals surface area (Å²) in [7, 11) is 0.139. The van der Waals surface area contributed by atoms with Gasteiger partial charge in [0.15, 0.2) is 0 Å². The van der Waals surface area contributed by atoms with Crippen LogP contribution in [0.3, 0.4) is 0 Å². The third kappa shape index (κ3) is 6.66. The Kier molecular flexibility index (Phi) is 9.05. The van der Waals surface area contributed by atoms with Crippen LogP contribution in [0.15, 0.2) is 52.5 Å². The first kappa shape index (κ1) is 26.1. The summed E-state index contributed by atoms with van der Waals surface area (Å²) in [5.74, 6) is 0.469. The van der Waals surface area contributed by atoms with Gasteiger partial charge >= 0.3 is 0 Å². The van der Waals surface area contributed by atoms with Gasteiger partial charge in [-0.25, -0.2) is 0 Å². The first-order valence-electron chi connectivity index (χ1n) is 11.4. The molecule has 0 aliphatic rings. The molecule has 32 heavy (non-hydrogen) atoms. The van der Waals surface area contributed by atoms with Gasteiger partial charge in [-0.2, -0.15) is 18.4 Å². The third-order valence-corrected chi connectivity index (χ3v) is 6.89. The highest BCUT2D eigenvalue weighted by Crippen LogP contribution is 2.35. The Labute approximate surface area is 195 Å². The Morgan fingerprint density at radius 3 is 1.88 bits per heavy atom. The molecule has 0 amide bonds. The van der Waals surface area contributed by atoms with Crippen LogP contribution in [-0.4, -0.2) is 39.7 Å². The van der Waals surface area contributed by atoms with Crippen molar-refractivity contribution in [3.05, 3.63) is 64.7 Å². The number of benzene rings is 2. The van der Waals surface area contributed by atoms with Crippen LogP contribution in [0, 0.1) is 0 Å². The molecular weight excluding hydrogens is 418 g/mol. The van der Waals surface area contributed by atoms with Gasteiger partial charge in [0.25, 0.3) is 10.0 Å². The van der Waals surface area contributed by atoms with Crippen molar-refractivity contribution in [1.29, 1.82) is 0 Å². The number of rotatable bonds is 10. The zero-order valence-corrected chi connectivity index (χ0v) is 21.6. The van der Waals surface area contributed by atoms with Crippen molar-refractivity contribution in [3.63, 3.8) is 0 Å². The van der Waals surface area contributed by atoms with E-state index in [0.717, 1.165) is 34.5 Å². The summed E-state index contributed by atoms with van der Waals surface area (Å²) in [4.78, 5) is 5.01. The molecule has 2 aromatic carbocycles. The summed E-state index contributed by atoms with van der Waals surface area (Å²) >= 11 is 0. The van der Waals surface area contributed by atoms with E-state index in [1.54, 1.807) is 0 Å². The lowest BCUT2D eigenvalue weighted by molar-refractivity contribution is 0.422. The van der Waals surface area contributed by atoms with E-state index in [4.69, 9.17) is 0 Å². The van der Waals surface area contributed by atoms with Gasteiger partial charge in [-0.3, -0.25) is 0 Å². The van der Waals surface area contributed by atoms with Gasteiger partial charge in [0.05, 0.1) is 10.6 Å². The fourth-order valence-electron chi connectivity index (χ4n) is 3.59. The normalized spacial score (nSPS) is 12.9. The van der Waals surface area contributed by atoms with Crippen molar-refractivity contribution >= 4 is 15.7 Å². The lowest BCUT2D eigenvalue weighted by Gasteiger charge is -2.22. The predicted octanol–water partition coefficient (Wildman–Crippen LogP) is 5.69. The van der Waals surface area contributed by atoms with E-state index in [-0.39, 0.29) is 11.8 Å². The van der Waals surface area contributed by atoms with Crippen molar-refractivity contribution in [2.45, 2.75) is 70.6 Å². The summed E-state index contributed by atoms with van der Waals surface area (Å²) < 4.78 is 27.2. The minimum absolute atomic E-state index is 0.0732. The first-order chi connectivity index (χ1) is 14.9. The molecule has 0 heterocycles. The standard InChI is InChI=1S/C26H39N3O2S/c1-18(2)22-16-23(19(3)4)26(24(17-22)20(5)6)32(30,31)28-27-25(14-15-29(7)8)21-12-10-9-11-13-21/h9-13,16-20,28H,14-15H2,1-8H3. The largest absolute Gasteiger partial charge is 0.309 e. The molecule has 0 aliphatic heterocycles. The highest BCUT2D eigenvalue weighted by molar-refractivity contribution is 7.89. The molecule has 6 heteroatoms. The van der Waals surface area contributed by atoms with Crippen molar-refractivity contribution in [2.24, 2.45) is 5.10 Å². The SMILES string of the molecule is CC(C)c1cc(C(C)C)c(S(=O)(=O)NN=C(CCN(C)C)c2ccccc2)c(C(C)C)c1. The van der Waals surface area contributed by atoms with E-state index in [0.29, 0.717) is 17.2 Å². The quantitative estimate of drug-likeness (QED) is 0.368. The van der Waals surface area contributed by atoms with Crippen molar-refractivity contribution < 1.29 is 8.42 Å². The van der Waals surface area contributed by atoms with Gasteiger partial charge in [-0.05, 0) is 54.1 Å². The summed E-state index contributed by atoms with van der Waals surface area (Å²) in [6.07, 6.45) is 0.639. The molecular formula is C26H39N3O2S. The monoisotopic (exact) mass is 457 g/mol. The Morgan fingerprint density at radius 1 is 0.906 bits per heavy atom. The maximum atomic E-state index is 13.6. The van der Waals surface area contributed by atoms with Gasteiger partial charge in [-0.1, -0.05) is 84.0 Å². The molecule has 0 saturated carbocycles. The number of hydrazone groups is 1. The highest BCUT2D eigenvalue weighted by atomic mass is 32.2. The van der Waals surface area contributed by atoms with Crippen LogP contribution >= 0.6 is 0 Å². The Morgan fingerprint density at radius 2 is 1.44 bits per heavy atom. The molecule has 0 bridgehead atoms. The zero-order valence-electron chi connectivity index (χ0n) is 20.8. The smallest absolute Gasteiger partial charge is 0.277 e. The number of nitrogens with zero attached hydrogens (tertiary/aromatic N) is 2. The number of nitrogens with one attached hydrogen (secondary N) is 1. The molecule has 0 radical (unpaired) electrons. The summed E-state index contributed by atoms with van der Waals surface area (Å²) in [5.41, 5.74) is 4.49.